The zero-order valence-corrected chi connectivity index (χ0v) is 16.4. The number of aryl methyl sites for hydroxylation is 2. The number of carbonyl (C=O) groups is 1. The number of benzene rings is 1. The molecule has 4 rings (SSSR count). The molecule has 1 saturated heterocycles. The van der Waals surface area contributed by atoms with Crippen molar-refractivity contribution in [3.05, 3.63) is 40.8 Å². The molecular weight excluding hydrogens is 354 g/mol. The van der Waals surface area contributed by atoms with Crippen molar-refractivity contribution in [1.29, 1.82) is 0 Å². The summed E-state index contributed by atoms with van der Waals surface area (Å²) in [6.07, 6.45) is 5.43. The second-order valence-corrected chi connectivity index (χ2v) is 7.51. The highest BCUT2D eigenvalue weighted by Crippen LogP contribution is 2.26. The molecule has 2 aromatic heterocycles. The van der Waals surface area contributed by atoms with Gasteiger partial charge in [-0.15, -0.1) is 0 Å². The van der Waals surface area contributed by atoms with E-state index in [0.29, 0.717) is 31.4 Å². The van der Waals surface area contributed by atoms with Gasteiger partial charge in [-0.1, -0.05) is 18.2 Å². The number of aromatic nitrogens is 3. The number of fused-ring (bicyclic) bond motifs is 3. The van der Waals surface area contributed by atoms with Crippen LogP contribution in [0.15, 0.2) is 35.3 Å². The predicted molar refractivity (Wildman–Crippen MR) is 110 cm³/mol. The number of carbonyl (C=O) groups excluding carboxylic acids is 1. The molecule has 3 aromatic rings. The van der Waals surface area contributed by atoms with Crippen LogP contribution in [0.4, 0.5) is 0 Å². The second kappa shape index (κ2) is 8.14. The molecule has 28 heavy (non-hydrogen) atoms. The molecule has 0 unspecified atom stereocenters. The SMILES string of the molecule is Cn1ncc2c3ccccc3n(CCCC(=O)NCCN3CCCC3)c2c1=O. The first kappa shape index (κ1) is 18.7. The van der Waals surface area contributed by atoms with Gasteiger partial charge in [0.25, 0.3) is 5.56 Å². The van der Waals surface area contributed by atoms with E-state index in [1.807, 2.05) is 28.8 Å². The van der Waals surface area contributed by atoms with Gasteiger partial charge in [0.15, 0.2) is 0 Å². The lowest BCUT2D eigenvalue weighted by atomic mass is 10.2. The van der Waals surface area contributed by atoms with Gasteiger partial charge in [0, 0.05) is 49.4 Å². The smallest absolute Gasteiger partial charge is 0.291 e. The van der Waals surface area contributed by atoms with Gasteiger partial charge in [0.2, 0.25) is 5.91 Å². The molecule has 0 atom stereocenters. The third kappa shape index (κ3) is 3.67. The number of amides is 1. The fourth-order valence-corrected chi connectivity index (χ4v) is 4.12. The van der Waals surface area contributed by atoms with Crippen LogP contribution < -0.4 is 10.9 Å². The molecule has 148 valence electrons. The van der Waals surface area contributed by atoms with Crippen LogP contribution in [0.25, 0.3) is 21.8 Å². The Morgan fingerprint density at radius 1 is 1.14 bits per heavy atom. The minimum Gasteiger partial charge on any atom is -0.355 e. The van der Waals surface area contributed by atoms with Crippen LogP contribution in [0.3, 0.4) is 0 Å². The number of rotatable bonds is 7. The van der Waals surface area contributed by atoms with Crippen molar-refractivity contribution in [2.45, 2.75) is 32.2 Å². The van der Waals surface area contributed by atoms with Gasteiger partial charge < -0.3 is 14.8 Å². The first-order valence-electron chi connectivity index (χ1n) is 10.1. The van der Waals surface area contributed by atoms with Gasteiger partial charge in [0.1, 0.15) is 5.52 Å². The highest BCUT2D eigenvalue weighted by atomic mass is 16.1. The Hall–Kier alpha value is -2.67. The van der Waals surface area contributed by atoms with Crippen molar-refractivity contribution in [1.82, 2.24) is 24.6 Å². The predicted octanol–water partition coefficient (Wildman–Crippen LogP) is 1.88. The summed E-state index contributed by atoms with van der Waals surface area (Å²) in [5.41, 5.74) is 1.56. The van der Waals surface area contributed by atoms with E-state index in [9.17, 15) is 9.59 Å². The lowest BCUT2D eigenvalue weighted by molar-refractivity contribution is -0.121. The van der Waals surface area contributed by atoms with Crippen LogP contribution >= 0.6 is 0 Å². The van der Waals surface area contributed by atoms with Crippen LogP contribution in [0.1, 0.15) is 25.7 Å². The van der Waals surface area contributed by atoms with E-state index in [-0.39, 0.29) is 11.5 Å². The summed E-state index contributed by atoms with van der Waals surface area (Å²) < 4.78 is 3.40. The molecule has 3 heterocycles. The zero-order valence-electron chi connectivity index (χ0n) is 16.4. The van der Waals surface area contributed by atoms with E-state index >= 15 is 0 Å². The number of likely N-dealkylation sites (tertiary alicyclic amines) is 1. The average Bonchev–Trinajstić information content (AvgIpc) is 3.32. The molecule has 0 bridgehead atoms. The van der Waals surface area contributed by atoms with Crippen molar-refractivity contribution in [3.8, 4) is 0 Å². The van der Waals surface area contributed by atoms with Gasteiger partial charge in [-0.25, -0.2) is 4.68 Å². The summed E-state index contributed by atoms with van der Waals surface area (Å²) in [6.45, 7) is 4.56. The highest BCUT2D eigenvalue weighted by Gasteiger charge is 2.15. The van der Waals surface area contributed by atoms with E-state index in [4.69, 9.17) is 0 Å². The van der Waals surface area contributed by atoms with E-state index in [1.54, 1.807) is 13.2 Å². The molecule has 1 aliphatic rings. The van der Waals surface area contributed by atoms with Crippen molar-refractivity contribution in [2.75, 3.05) is 26.2 Å². The van der Waals surface area contributed by atoms with Gasteiger partial charge in [-0.2, -0.15) is 5.10 Å². The monoisotopic (exact) mass is 381 g/mol. The van der Waals surface area contributed by atoms with Crippen molar-refractivity contribution >= 4 is 27.7 Å². The number of hydrogen-bond acceptors (Lipinski definition) is 4. The van der Waals surface area contributed by atoms with Crippen LogP contribution in [-0.2, 0) is 18.4 Å². The molecule has 0 spiro atoms. The van der Waals surface area contributed by atoms with Crippen LogP contribution in [0, 0.1) is 0 Å². The number of para-hydroxylation sites is 1. The van der Waals surface area contributed by atoms with Crippen LogP contribution in [0.2, 0.25) is 0 Å². The Balaban J connectivity index is 1.43. The molecular formula is C21H27N5O2. The first-order chi connectivity index (χ1) is 13.6. The summed E-state index contributed by atoms with van der Waals surface area (Å²) in [5.74, 6) is 0.0783. The largest absolute Gasteiger partial charge is 0.355 e. The maximum Gasteiger partial charge on any atom is 0.291 e. The van der Waals surface area contributed by atoms with E-state index < -0.39 is 0 Å². The van der Waals surface area contributed by atoms with E-state index in [0.717, 1.165) is 35.9 Å². The molecule has 1 aromatic carbocycles. The van der Waals surface area contributed by atoms with E-state index in [1.165, 1.54) is 17.5 Å². The Kier molecular flexibility index (Phi) is 5.43. The standard InChI is InChI=1S/C21H27N5O2/c1-24-21(28)20-17(15-23-24)16-7-2-3-8-18(16)26(20)13-6-9-19(27)22-10-14-25-11-4-5-12-25/h2-3,7-8,15H,4-6,9-14H2,1H3,(H,22,27). The Morgan fingerprint density at radius 2 is 1.93 bits per heavy atom. The maximum atomic E-state index is 12.7. The molecule has 1 fully saturated rings. The number of hydrogen-bond donors (Lipinski definition) is 1. The summed E-state index contributed by atoms with van der Waals surface area (Å²) in [7, 11) is 1.66. The third-order valence-corrected chi connectivity index (χ3v) is 5.60. The molecule has 0 saturated carbocycles. The minimum absolute atomic E-state index is 0.0783. The first-order valence-corrected chi connectivity index (χ1v) is 10.1. The molecule has 1 amide bonds. The summed E-state index contributed by atoms with van der Waals surface area (Å²) in [6, 6.07) is 7.98. The molecule has 0 radical (unpaired) electrons. The second-order valence-electron chi connectivity index (χ2n) is 7.51. The minimum atomic E-state index is -0.108. The highest BCUT2D eigenvalue weighted by molar-refractivity contribution is 6.07. The molecule has 7 heteroatoms. The van der Waals surface area contributed by atoms with Crippen LogP contribution in [0.5, 0.6) is 0 Å². The summed E-state index contributed by atoms with van der Waals surface area (Å²) in [4.78, 5) is 27.2. The Bertz CT molecular complexity index is 1050. The maximum absolute atomic E-state index is 12.7. The fraction of sp³-hybridized carbons (Fsp3) is 0.476. The third-order valence-electron chi connectivity index (χ3n) is 5.60. The molecule has 7 nitrogen and oxygen atoms in total. The lowest BCUT2D eigenvalue weighted by Gasteiger charge is -2.14. The topological polar surface area (TPSA) is 72.2 Å². The fourth-order valence-electron chi connectivity index (χ4n) is 4.12. The average molecular weight is 381 g/mol. The van der Waals surface area contributed by atoms with Gasteiger partial charge in [-0.05, 0) is 38.4 Å². The van der Waals surface area contributed by atoms with E-state index in [2.05, 4.69) is 15.3 Å². The summed E-state index contributed by atoms with van der Waals surface area (Å²) in [5, 5.41) is 9.08. The number of nitrogens with one attached hydrogen (secondary N) is 1. The summed E-state index contributed by atoms with van der Waals surface area (Å²) >= 11 is 0. The van der Waals surface area contributed by atoms with Gasteiger partial charge in [0.05, 0.1) is 6.20 Å². The number of nitrogens with zero attached hydrogens (tertiary/aromatic N) is 4. The zero-order chi connectivity index (χ0) is 19.5. The Morgan fingerprint density at radius 3 is 2.75 bits per heavy atom. The molecule has 1 aliphatic heterocycles. The van der Waals surface area contributed by atoms with Gasteiger partial charge in [-0.3, -0.25) is 9.59 Å². The van der Waals surface area contributed by atoms with Crippen molar-refractivity contribution < 1.29 is 4.79 Å². The molecule has 0 aliphatic carbocycles. The van der Waals surface area contributed by atoms with Crippen molar-refractivity contribution in [3.63, 3.8) is 0 Å². The quantitative estimate of drug-likeness (QED) is 0.678. The lowest BCUT2D eigenvalue weighted by Crippen LogP contribution is -2.33. The Labute approximate surface area is 163 Å². The van der Waals surface area contributed by atoms with Crippen molar-refractivity contribution in [2.24, 2.45) is 7.05 Å². The molecule has 1 N–H and O–H groups in total. The van der Waals surface area contributed by atoms with Gasteiger partial charge >= 0.3 is 0 Å². The van der Waals surface area contributed by atoms with Crippen LogP contribution in [-0.4, -0.2) is 51.3 Å². The normalized spacial score (nSPS) is 14.9.